The molecule has 36 heavy (non-hydrogen) atoms. The molecule has 0 aliphatic heterocycles. The standard InChI is InChI=1S/C36H32/c1-2-10-25(11-3-1)27-18-21-28(22-19-27)35-31-14-6-8-16-33(31)36(34-17-9-7-15-32(34)35)30-23-20-26-12-4-5-13-29(26)24-30/h1-2,4-10,12-18,20-21,23,29,31,33H,3,11,19,22,24H2. The van der Waals surface area contributed by atoms with Gasteiger partial charge >= 0.3 is 0 Å². The van der Waals surface area contributed by atoms with Crippen LogP contribution in [0.4, 0.5) is 0 Å². The number of hydrogen-bond donors (Lipinski definition) is 0. The van der Waals surface area contributed by atoms with Crippen molar-refractivity contribution in [1.82, 2.24) is 0 Å². The predicted octanol–water partition coefficient (Wildman–Crippen LogP) is 7.28. The van der Waals surface area contributed by atoms with E-state index in [1.807, 2.05) is 0 Å². The zero-order chi connectivity index (χ0) is 23.9. The summed E-state index contributed by atoms with van der Waals surface area (Å²) >= 11 is 0. The minimum absolute atomic E-state index is 0.390. The van der Waals surface area contributed by atoms with Crippen LogP contribution in [0.5, 0.6) is 0 Å². The maximum atomic E-state index is 2.46. The van der Waals surface area contributed by atoms with Crippen LogP contribution in [0.15, 0.2) is 143 Å². The highest BCUT2D eigenvalue weighted by atomic mass is 14.4. The maximum absolute atomic E-state index is 2.46. The summed E-state index contributed by atoms with van der Waals surface area (Å²) < 4.78 is 0. The lowest BCUT2D eigenvalue weighted by atomic mass is 9.67. The van der Waals surface area contributed by atoms with Crippen LogP contribution in [0, 0.1) is 17.8 Å². The monoisotopic (exact) mass is 464 g/mol. The van der Waals surface area contributed by atoms with Crippen molar-refractivity contribution in [3.8, 4) is 0 Å². The van der Waals surface area contributed by atoms with Gasteiger partial charge in [-0.2, -0.15) is 0 Å². The van der Waals surface area contributed by atoms with Gasteiger partial charge in [0.1, 0.15) is 0 Å². The summed E-state index contributed by atoms with van der Waals surface area (Å²) in [7, 11) is 0. The minimum Gasteiger partial charge on any atom is -0.0842 e. The number of rotatable bonds is 3. The van der Waals surface area contributed by atoms with E-state index < -0.39 is 0 Å². The van der Waals surface area contributed by atoms with Crippen molar-refractivity contribution in [3.63, 3.8) is 0 Å². The van der Waals surface area contributed by atoms with Gasteiger partial charge in [0, 0.05) is 17.8 Å². The van der Waals surface area contributed by atoms with Crippen LogP contribution in [0.25, 0.3) is 11.1 Å². The third-order valence-corrected chi connectivity index (χ3v) is 8.66. The van der Waals surface area contributed by atoms with Crippen molar-refractivity contribution < 1.29 is 0 Å². The van der Waals surface area contributed by atoms with E-state index in [2.05, 4.69) is 115 Å². The molecule has 0 fully saturated rings. The molecular weight excluding hydrogens is 432 g/mol. The average molecular weight is 465 g/mol. The Morgan fingerprint density at radius 1 is 0.556 bits per heavy atom. The summed E-state index contributed by atoms with van der Waals surface area (Å²) in [5.74, 6) is 1.28. The molecule has 0 spiro atoms. The van der Waals surface area contributed by atoms with Gasteiger partial charge < -0.3 is 0 Å². The van der Waals surface area contributed by atoms with E-state index in [1.54, 1.807) is 5.57 Å². The Bertz CT molecular complexity index is 1550. The summed E-state index contributed by atoms with van der Waals surface area (Å²) in [4.78, 5) is 0. The Hall–Kier alpha value is -3.64. The first kappa shape index (κ1) is 21.6. The lowest BCUT2D eigenvalue weighted by molar-refractivity contribution is 0.662. The topological polar surface area (TPSA) is 0 Å². The van der Waals surface area contributed by atoms with Gasteiger partial charge in [0.05, 0.1) is 0 Å². The molecule has 0 radical (unpaired) electrons. The Morgan fingerprint density at radius 2 is 1.22 bits per heavy atom. The van der Waals surface area contributed by atoms with E-state index in [1.165, 1.54) is 56.7 Å². The molecule has 0 bridgehead atoms. The van der Waals surface area contributed by atoms with Gasteiger partial charge in [0.25, 0.3) is 0 Å². The summed E-state index contributed by atoms with van der Waals surface area (Å²) in [6, 6.07) is 9.19. The molecule has 0 heterocycles. The first-order chi connectivity index (χ1) is 17.9. The fourth-order valence-corrected chi connectivity index (χ4v) is 6.91. The van der Waals surface area contributed by atoms with Crippen LogP contribution in [-0.2, 0) is 0 Å². The molecule has 3 unspecified atom stereocenters. The number of hydrogen-bond acceptors (Lipinski definition) is 0. The summed E-state index contributed by atoms with van der Waals surface area (Å²) in [6.07, 6.45) is 40.6. The zero-order valence-electron chi connectivity index (χ0n) is 20.7. The lowest BCUT2D eigenvalue weighted by Gasteiger charge is -2.36. The zero-order valence-corrected chi connectivity index (χ0v) is 20.7. The smallest absolute Gasteiger partial charge is 0.0134 e. The summed E-state index contributed by atoms with van der Waals surface area (Å²) in [6.45, 7) is 0. The molecule has 1 aromatic rings. The highest BCUT2D eigenvalue weighted by molar-refractivity contribution is 5.81. The fraction of sp³-hybridized carbons (Fsp3) is 0.222. The van der Waals surface area contributed by atoms with Crippen LogP contribution in [-0.4, -0.2) is 0 Å². The maximum Gasteiger partial charge on any atom is 0.0134 e. The molecular formula is C36H32. The highest BCUT2D eigenvalue weighted by Crippen LogP contribution is 2.45. The van der Waals surface area contributed by atoms with E-state index >= 15 is 0 Å². The number of fused-ring (bicyclic) bond motifs is 3. The molecule has 3 atom stereocenters. The van der Waals surface area contributed by atoms with Gasteiger partial charge in [-0.3, -0.25) is 0 Å². The molecule has 6 aliphatic carbocycles. The first-order valence-electron chi connectivity index (χ1n) is 13.6. The highest BCUT2D eigenvalue weighted by Gasteiger charge is 2.34. The summed E-state index contributed by atoms with van der Waals surface area (Å²) in [5.41, 5.74) is 10.6. The van der Waals surface area contributed by atoms with E-state index in [4.69, 9.17) is 0 Å². The lowest BCUT2D eigenvalue weighted by Crippen LogP contribution is -2.41. The van der Waals surface area contributed by atoms with Crippen LogP contribution < -0.4 is 10.4 Å². The van der Waals surface area contributed by atoms with Gasteiger partial charge in [0.15, 0.2) is 0 Å². The molecule has 0 saturated carbocycles. The van der Waals surface area contributed by atoms with E-state index in [0.717, 1.165) is 19.3 Å². The van der Waals surface area contributed by atoms with Gasteiger partial charge in [-0.1, -0.05) is 115 Å². The van der Waals surface area contributed by atoms with Crippen LogP contribution in [0.3, 0.4) is 0 Å². The third kappa shape index (κ3) is 3.68. The Morgan fingerprint density at radius 3 is 1.94 bits per heavy atom. The molecule has 0 N–H and O–H groups in total. The van der Waals surface area contributed by atoms with Gasteiger partial charge in [0.2, 0.25) is 0 Å². The average Bonchev–Trinajstić information content (AvgIpc) is 2.96. The first-order valence-corrected chi connectivity index (χ1v) is 13.6. The Kier molecular flexibility index (Phi) is 5.47. The second kappa shape index (κ2) is 9.10. The van der Waals surface area contributed by atoms with Crippen LogP contribution in [0.2, 0.25) is 0 Å². The molecule has 6 aliphatic rings. The second-order valence-corrected chi connectivity index (χ2v) is 10.7. The third-order valence-electron chi connectivity index (χ3n) is 8.66. The van der Waals surface area contributed by atoms with E-state index in [9.17, 15) is 0 Å². The Balaban J connectivity index is 1.40. The molecule has 176 valence electrons. The van der Waals surface area contributed by atoms with Crippen molar-refractivity contribution in [2.24, 2.45) is 17.8 Å². The molecule has 1 aromatic carbocycles. The fourth-order valence-electron chi connectivity index (χ4n) is 6.91. The molecule has 0 amide bonds. The van der Waals surface area contributed by atoms with Crippen molar-refractivity contribution in [1.29, 1.82) is 0 Å². The van der Waals surface area contributed by atoms with Gasteiger partial charge in [-0.25, -0.2) is 0 Å². The minimum atomic E-state index is 0.390. The van der Waals surface area contributed by atoms with Crippen LogP contribution >= 0.6 is 0 Å². The van der Waals surface area contributed by atoms with E-state index in [0.29, 0.717) is 17.8 Å². The molecule has 0 heteroatoms. The Labute approximate surface area is 214 Å². The SMILES string of the molecule is C1=CCCC(C2=CC=C(C3=c4ccccc4=C(C4=CC=C5C=CC=CC5C4)C4C=CC=CC34)CC2)=C1. The largest absolute Gasteiger partial charge is 0.0842 e. The van der Waals surface area contributed by atoms with Crippen molar-refractivity contribution in [2.75, 3.05) is 0 Å². The molecule has 7 rings (SSSR count). The van der Waals surface area contributed by atoms with Crippen molar-refractivity contribution >= 4 is 11.1 Å². The molecule has 0 aromatic heterocycles. The predicted molar refractivity (Wildman–Crippen MR) is 152 cm³/mol. The second-order valence-electron chi connectivity index (χ2n) is 10.7. The van der Waals surface area contributed by atoms with Gasteiger partial charge in [-0.05, 0) is 81.6 Å². The van der Waals surface area contributed by atoms with Crippen molar-refractivity contribution in [3.05, 3.63) is 154 Å². The number of allylic oxidation sites excluding steroid dienone is 20. The molecule has 0 nitrogen and oxygen atoms in total. The van der Waals surface area contributed by atoms with Crippen molar-refractivity contribution in [2.45, 2.75) is 32.1 Å². The summed E-state index contributed by atoms with van der Waals surface area (Å²) in [5, 5.41) is 2.87. The van der Waals surface area contributed by atoms with E-state index in [-0.39, 0.29) is 0 Å². The van der Waals surface area contributed by atoms with Gasteiger partial charge in [-0.15, -0.1) is 0 Å². The van der Waals surface area contributed by atoms with Crippen LogP contribution in [0.1, 0.15) is 32.1 Å². The normalized spacial score (nSPS) is 27.9. The molecule has 0 saturated heterocycles. The number of benzene rings is 1. The quantitative estimate of drug-likeness (QED) is 0.441.